The number of carboxylic acids is 1. The third kappa shape index (κ3) is 4.13. The fraction of sp³-hybridized carbons (Fsp3) is 0.467. The molecule has 0 bridgehead atoms. The van der Waals surface area contributed by atoms with Crippen molar-refractivity contribution in [1.82, 2.24) is 9.78 Å². The summed E-state index contributed by atoms with van der Waals surface area (Å²) < 4.78 is 13.3. The number of benzene rings is 1. The number of halogens is 1. The molecule has 0 saturated carbocycles. The van der Waals surface area contributed by atoms with Crippen LogP contribution in [0.3, 0.4) is 0 Å². The maximum Gasteiger partial charge on any atom is 0.337 e. The van der Waals surface area contributed by atoms with E-state index in [2.05, 4.69) is 40.7 Å². The summed E-state index contributed by atoms with van der Waals surface area (Å²) in [4.78, 5) is 11.4. The van der Waals surface area contributed by atoms with Crippen LogP contribution in [0, 0.1) is 0 Å². The first-order chi connectivity index (χ1) is 10.7. The lowest BCUT2D eigenvalue weighted by molar-refractivity contribution is 0.0696. The monoisotopic (exact) mass is 400 g/mol. The number of fused-ring (bicyclic) bond motifs is 1. The predicted molar refractivity (Wildman–Crippen MR) is 95.0 cm³/mol. The van der Waals surface area contributed by atoms with Gasteiger partial charge in [0.15, 0.2) is 0 Å². The Morgan fingerprint density at radius 2 is 2.09 bits per heavy atom. The minimum atomic E-state index is -1.14. The van der Waals surface area contributed by atoms with E-state index in [0.29, 0.717) is 27.9 Å². The Bertz CT molecular complexity index is 724. The number of aromatic carboxylic acids is 1. The number of hydrogen-bond donors (Lipinski definition) is 1. The maximum absolute atomic E-state index is 11.4. The van der Waals surface area contributed by atoms with Gasteiger partial charge in [-0.3, -0.25) is 0 Å². The summed E-state index contributed by atoms with van der Waals surface area (Å²) >= 11 is 3.47. The molecule has 0 amide bonds. The first kappa shape index (κ1) is 18.0. The Hall–Kier alpha value is -1.38. The van der Waals surface area contributed by atoms with Crippen LogP contribution in [-0.4, -0.2) is 42.6 Å². The van der Waals surface area contributed by atoms with E-state index in [0.717, 1.165) is 6.04 Å². The molecule has 0 aliphatic rings. The Labute approximate surface area is 144 Å². The highest BCUT2D eigenvalue weighted by Gasteiger charge is 2.20. The van der Waals surface area contributed by atoms with Crippen molar-refractivity contribution in [2.45, 2.75) is 32.4 Å². The number of rotatable bonds is 7. The van der Waals surface area contributed by atoms with Crippen LogP contribution in [0.15, 0.2) is 16.7 Å². The highest BCUT2D eigenvalue weighted by Crippen LogP contribution is 2.34. The van der Waals surface area contributed by atoms with E-state index in [1.165, 1.54) is 6.07 Å². The summed E-state index contributed by atoms with van der Waals surface area (Å²) in [7, 11) is 0.402. The molecule has 126 valence electrons. The lowest BCUT2D eigenvalue weighted by atomic mass is 10.1. The molecule has 0 aliphatic carbocycles. The normalized spacial score (nSPS) is 11.9. The predicted octanol–water partition coefficient (Wildman–Crippen LogP) is 3.82. The summed E-state index contributed by atoms with van der Waals surface area (Å²) in [6, 6.07) is 4.20. The van der Waals surface area contributed by atoms with Crippen molar-refractivity contribution >= 4 is 40.9 Å². The van der Waals surface area contributed by atoms with Crippen molar-refractivity contribution in [1.29, 1.82) is 0 Å². The van der Waals surface area contributed by atoms with Crippen LogP contribution in [0.1, 0.15) is 10.4 Å². The topological polar surface area (TPSA) is 73.6 Å². The van der Waals surface area contributed by atoms with Crippen molar-refractivity contribution < 1.29 is 19.4 Å². The lowest BCUT2D eigenvalue weighted by Gasteiger charge is -2.15. The van der Waals surface area contributed by atoms with E-state index in [1.807, 2.05) is 0 Å². The zero-order chi connectivity index (χ0) is 17.2. The van der Waals surface area contributed by atoms with Gasteiger partial charge in [0.2, 0.25) is 0 Å². The molecular weight excluding hydrogens is 380 g/mol. The molecule has 2 rings (SSSR count). The van der Waals surface area contributed by atoms with Crippen LogP contribution in [0.5, 0.6) is 5.75 Å². The zero-order valence-electron chi connectivity index (χ0n) is 13.7. The molecule has 0 spiro atoms. The van der Waals surface area contributed by atoms with Gasteiger partial charge in [0, 0.05) is 14.7 Å². The summed E-state index contributed by atoms with van der Waals surface area (Å²) in [6.07, 6.45) is 0. The van der Waals surface area contributed by atoms with Gasteiger partial charge in [-0.15, -0.1) is 0 Å². The van der Waals surface area contributed by atoms with Gasteiger partial charge in [0.25, 0.3) is 0 Å². The fourth-order valence-electron chi connectivity index (χ4n) is 2.13. The average molecular weight is 401 g/mol. The molecule has 8 heteroatoms. The second kappa shape index (κ2) is 7.02. The van der Waals surface area contributed by atoms with E-state index in [-0.39, 0.29) is 12.3 Å². The number of ether oxygens (including phenoxy) is 2. The lowest BCUT2D eigenvalue weighted by Crippen LogP contribution is -2.22. The zero-order valence-corrected chi connectivity index (χ0v) is 16.3. The van der Waals surface area contributed by atoms with Crippen LogP contribution in [0.4, 0.5) is 0 Å². The van der Waals surface area contributed by atoms with Crippen LogP contribution in [0.25, 0.3) is 10.9 Å². The summed E-state index contributed by atoms with van der Waals surface area (Å²) in [6.45, 7) is 7.80. The smallest absolute Gasteiger partial charge is 0.337 e. The first-order valence-electron chi connectivity index (χ1n) is 7.28. The van der Waals surface area contributed by atoms with Gasteiger partial charge in [-0.05, 0) is 34.1 Å². The van der Waals surface area contributed by atoms with Crippen LogP contribution in [0.2, 0.25) is 25.7 Å². The number of nitrogens with zero attached hydrogens (tertiary/aromatic N) is 2. The molecule has 1 N–H and O–H groups in total. The third-order valence-corrected chi connectivity index (χ3v) is 5.96. The molecule has 1 aromatic heterocycles. The van der Waals surface area contributed by atoms with Crippen LogP contribution in [-0.2, 0) is 11.5 Å². The summed E-state index contributed by atoms with van der Waals surface area (Å²) in [5.41, 5.74) is 0.528. The van der Waals surface area contributed by atoms with Gasteiger partial charge in [-0.25, -0.2) is 9.48 Å². The highest BCUT2D eigenvalue weighted by atomic mass is 79.9. The third-order valence-electron chi connectivity index (χ3n) is 3.45. The van der Waals surface area contributed by atoms with E-state index >= 15 is 0 Å². The van der Waals surface area contributed by atoms with E-state index in [4.69, 9.17) is 9.47 Å². The summed E-state index contributed by atoms with van der Waals surface area (Å²) in [5, 5.41) is 14.3. The quantitative estimate of drug-likeness (QED) is 0.564. The van der Waals surface area contributed by atoms with Crippen LogP contribution < -0.4 is 4.74 Å². The second-order valence-corrected chi connectivity index (χ2v) is 12.9. The molecule has 0 fully saturated rings. The first-order valence-corrected chi connectivity index (χ1v) is 11.8. The van der Waals surface area contributed by atoms with Gasteiger partial charge in [0.05, 0.1) is 18.1 Å². The molecule has 0 unspecified atom stereocenters. The second-order valence-electron chi connectivity index (χ2n) is 6.48. The SMILES string of the molecule is COc1ccc(C(=O)O)c2nn(COCC[Si](C)(C)C)c(Br)c12. The van der Waals surface area contributed by atoms with Gasteiger partial charge < -0.3 is 14.6 Å². The van der Waals surface area contributed by atoms with Crippen molar-refractivity contribution in [2.24, 2.45) is 0 Å². The molecule has 6 nitrogen and oxygen atoms in total. The molecule has 0 radical (unpaired) electrons. The fourth-order valence-corrected chi connectivity index (χ4v) is 3.45. The van der Waals surface area contributed by atoms with Crippen molar-refractivity contribution in [3.05, 3.63) is 22.3 Å². The molecule has 1 aromatic carbocycles. The molecule has 0 aliphatic heterocycles. The largest absolute Gasteiger partial charge is 0.496 e. The number of carbonyl (C=O) groups is 1. The number of hydrogen-bond acceptors (Lipinski definition) is 4. The molecule has 0 saturated heterocycles. The van der Waals surface area contributed by atoms with E-state index < -0.39 is 14.0 Å². The van der Waals surface area contributed by atoms with E-state index in [1.54, 1.807) is 17.9 Å². The minimum Gasteiger partial charge on any atom is -0.496 e. The minimum absolute atomic E-state index is 0.141. The Morgan fingerprint density at radius 3 is 2.65 bits per heavy atom. The highest BCUT2D eigenvalue weighted by molar-refractivity contribution is 9.10. The number of aromatic nitrogens is 2. The van der Waals surface area contributed by atoms with Crippen molar-refractivity contribution in [2.75, 3.05) is 13.7 Å². The van der Waals surface area contributed by atoms with Crippen LogP contribution >= 0.6 is 15.9 Å². The average Bonchev–Trinajstić information content (AvgIpc) is 2.79. The van der Waals surface area contributed by atoms with Gasteiger partial charge in [-0.1, -0.05) is 19.6 Å². The van der Waals surface area contributed by atoms with Crippen molar-refractivity contribution in [3.63, 3.8) is 0 Å². The molecule has 2 aromatic rings. The summed E-state index contributed by atoms with van der Waals surface area (Å²) in [5.74, 6) is -0.445. The number of methoxy groups -OCH3 is 1. The molecule has 23 heavy (non-hydrogen) atoms. The number of carboxylic acid groups (broad SMARTS) is 1. The molecule has 1 heterocycles. The Kier molecular flexibility index (Phi) is 5.48. The molecular formula is C15H21BrN2O4Si. The molecule has 0 atom stereocenters. The van der Waals surface area contributed by atoms with Gasteiger partial charge >= 0.3 is 5.97 Å². The van der Waals surface area contributed by atoms with E-state index in [9.17, 15) is 9.90 Å². The van der Waals surface area contributed by atoms with Crippen molar-refractivity contribution in [3.8, 4) is 5.75 Å². The Morgan fingerprint density at radius 1 is 1.39 bits per heavy atom. The van der Waals surface area contributed by atoms with Gasteiger partial charge in [-0.2, -0.15) is 5.10 Å². The maximum atomic E-state index is 11.4. The Balaban J connectivity index is 2.30. The van der Waals surface area contributed by atoms with Gasteiger partial charge in [0.1, 0.15) is 22.6 Å². The standard InChI is InChI=1S/C15H21BrN2O4Si/c1-21-11-6-5-10(15(19)20)13-12(11)14(16)18(17-13)9-22-7-8-23(2,3)4/h5-6H,7-9H2,1-4H3,(H,19,20).